The summed E-state index contributed by atoms with van der Waals surface area (Å²) in [6, 6.07) is 7.54. The van der Waals surface area contributed by atoms with Crippen LogP contribution in [0.15, 0.2) is 39.5 Å². The average Bonchev–Trinajstić information content (AvgIpc) is 3.57. The Labute approximate surface area is 209 Å². The summed E-state index contributed by atoms with van der Waals surface area (Å²) in [5.41, 5.74) is 1.76. The number of carbonyl (C=O) groups excluding carboxylic acids is 1. The number of aliphatic hydroxyl groups is 1. The van der Waals surface area contributed by atoms with E-state index in [0.717, 1.165) is 29.5 Å². The largest absolute Gasteiger partial charge is 0.418 e. The number of benzene rings is 1. The second-order valence-corrected chi connectivity index (χ2v) is 9.78. The first-order valence-corrected chi connectivity index (χ1v) is 12.1. The SMILES string of the molecule is CNC(=O)[C@]1(C)CC[C@@H](Nc2ncc3c(Br)nn(-c4ccc(-c5nnc(C(C)O)o5)cc4)c3n2)C1. The number of anilines is 1. The van der Waals surface area contributed by atoms with Crippen LogP contribution in [0.25, 0.3) is 28.2 Å². The van der Waals surface area contributed by atoms with Gasteiger partial charge in [-0.1, -0.05) is 6.92 Å². The fourth-order valence-corrected chi connectivity index (χ4v) is 4.88. The highest BCUT2D eigenvalue weighted by atomic mass is 79.9. The van der Waals surface area contributed by atoms with Crippen LogP contribution < -0.4 is 10.6 Å². The molecule has 0 aliphatic heterocycles. The molecule has 1 saturated carbocycles. The molecule has 35 heavy (non-hydrogen) atoms. The topological polar surface area (TPSA) is 144 Å². The van der Waals surface area contributed by atoms with Gasteiger partial charge in [-0.3, -0.25) is 4.79 Å². The number of hydrogen-bond acceptors (Lipinski definition) is 9. The smallest absolute Gasteiger partial charge is 0.247 e. The Kier molecular flexibility index (Phi) is 6.01. The van der Waals surface area contributed by atoms with Gasteiger partial charge in [0.15, 0.2) is 5.65 Å². The molecule has 3 N–H and O–H groups in total. The standard InChI is InChI=1S/C23H25BrN8O3/c1-12(33)19-29-30-20(35-19)13-4-6-15(7-5-13)32-18-16(17(24)31-32)11-26-22(28-18)27-14-8-9-23(2,10-14)21(34)25-3/h4-7,11-12,14,33H,8-10H2,1-3H3,(H,25,34)(H,26,27,28)/t12?,14-,23-/m1/s1. The molecule has 1 aromatic carbocycles. The summed E-state index contributed by atoms with van der Waals surface area (Å²) >= 11 is 3.50. The van der Waals surface area contributed by atoms with Gasteiger partial charge in [0.1, 0.15) is 10.7 Å². The molecule has 1 unspecified atom stereocenters. The molecule has 3 aromatic heterocycles. The van der Waals surface area contributed by atoms with Crippen molar-refractivity contribution in [3.63, 3.8) is 0 Å². The number of nitrogens with one attached hydrogen (secondary N) is 2. The first-order chi connectivity index (χ1) is 16.8. The molecular weight excluding hydrogens is 516 g/mol. The van der Waals surface area contributed by atoms with Gasteiger partial charge in [-0.05, 0) is 66.4 Å². The zero-order valence-corrected chi connectivity index (χ0v) is 21.1. The predicted octanol–water partition coefficient (Wildman–Crippen LogP) is 3.40. The van der Waals surface area contributed by atoms with Gasteiger partial charge in [0.25, 0.3) is 0 Å². The maximum atomic E-state index is 12.2. The fraction of sp³-hybridized carbons (Fsp3) is 0.391. The van der Waals surface area contributed by atoms with Crippen molar-refractivity contribution < 1.29 is 14.3 Å². The zero-order chi connectivity index (χ0) is 24.7. The normalized spacial score (nSPS) is 20.8. The number of hydrogen-bond donors (Lipinski definition) is 3. The minimum absolute atomic E-state index is 0.0613. The summed E-state index contributed by atoms with van der Waals surface area (Å²) in [5.74, 6) is 1.05. The number of aliphatic hydroxyl groups excluding tert-OH is 1. The molecule has 1 fully saturated rings. The van der Waals surface area contributed by atoms with E-state index in [9.17, 15) is 9.90 Å². The highest BCUT2D eigenvalue weighted by Crippen LogP contribution is 2.39. The van der Waals surface area contributed by atoms with E-state index < -0.39 is 11.5 Å². The van der Waals surface area contributed by atoms with Crippen molar-refractivity contribution in [3.05, 3.63) is 41.0 Å². The molecule has 11 nitrogen and oxygen atoms in total. The van der Waals surface area contributed by atoms with Crippen LogP contribution in [0.1, 0.15) is 45.1 Å². The summed E-state index contributed by atoms with van der Waals surface area (Å²) in [4.78, 5) is 21.4. The number of halogens is 1. The first kappa shape index (κ1) is 23.4. The van der Waals surface area contributed by atoms with Crippen LogP contribution in [0.4, 0.5) is 5.95 Å². The third kappa shape index (κ3) is 4.39. The van der Waals surface area contributed by atoms with E-state index in [1.165, 1.54) is 0 Å². The van der Waals surface area contributed by atoms with E-state index >= 15 is 0 Å². The van der Waals surface area contributed by atoms with Crippen LogP contribution in [-0.4, -0.2) is 54.0 Å². The van der Waals surface area contributed by atoms with E-state index in [1.54, 1.807) is 24.9 Å². The molecular formula is C23H25BrN8O3. The van der Waals surface area contributed by atoms with Crippen LogP contribution in [0.3, 0.4) is 0 Å². The monoisotopic (exact) mass is 540 g/mol. The van der Waals surface area contributed by atoms with Crippen molar-refractivity contribution in [2.24, 2.45) is 5.41 Å². The number of rotatable bonds is 6. The predicted molar refractivity (Wildman–Crippen MR) is 132 cm³/mol. The number of aromatic nitrogens is 6. The van der Waals surface area contributed by atoms with Crippen LogP contribution in [0.2, 0.25) is 0 Å². The van der Waals surface area contributed by atoms with Gasteiger partial charge >= 0.3 is 0 Å². The van der Waals surface area contributed by atoms with E-state index in [4.69, 9.17) is 9.40 Å². The number of carbonyl (C=O) groups is 1. The molecule has 3 heterocycles. The zero-order valence-electron chi connectivity index (χ0n) is 19.5. The molecule has 12 heteroatoms. The quantitative estimate of drug-likeness (QED) is 0.335. The van der Waals surface area contributed by atoms with E-state index in [0.29, 0.717) is 28.5 Å². The third-order valence-electron chi connectivity index (χ3n) is 6.39. The molecule has 3 atom stereocenters. The minimum Gasteiger partial charge on any atom is -0.418 e. The molecule has 1 aliphatic carbocycles. The third-order valence-corrected chi connectivity index (χ3v) is 6.97. The van der Waals surface area contributed by atoms with Gasteiger partial charge in [-0.15, -0.1) is 10.2 Å². The minimum atomic E-state index is -0.826. The maximum Gasteiger partial charge on any atom is 0.247 e. The van der Waals surface area contributed by atoms with Gasteiger partial charge in [0.05, 0.1) is 11.1 Å². The highest BCUT2D eigenvalue weighted by molar-refractivity contribution is 9.10. The van der Waals surface area contributed by atoms with Crippen LogP contribution in [-0.2, 0) is 4.79 Å². The number of fused-ring (bicyclic) bond motifs is 1. The van der Waals surface area contributed by atoms with Crippen molar-refractivity contribution in [3.8, 4) is 17.1 Å². The van der Waals surface area contributed by atoms with Crippen molar-refractivity contribution in [1.82, 2.24) is 35.3 Å². The van der Waals surface area contributed by atoms with Crippen LogP contribution >= 0.6 is 15.9 Å². The molecule has 0 spiro atoms. The summed E-state index contributed by atoms with van der Waals surface area (Å²) < 4.78 is 7.88. The maximum absolute atomic E-state index is 12.2. The Morgan fingerprint density at radius 3 is 2.77 bits per heavy atom. The van der Waals surface area contributed by atoms with Gasteiger partial charge in [0.2, 0.25) is 23.6 Å². The lowest BCUT2D eigenvalue weighted by molar-refractivity contribution is -0.129. The van der Waals surface area contributed by atoms with Crippen molar-refractivity contribution in [1.29, 1.82) is 0 Å². The molecule has 0 radical (unpaired) electrons. The Hall–Kier alpha value is -3.38. The van der Waals surface area contributed by atoms with E-state index in [-0.39, 0.29) is 17.8 Å². The first-order valence-electron chi connectivity index (χ1n) is 11.3. The lowest BCUT2D eigenvalue weighted by Gasteiger charge is -2.22. The van der Waals surface area contributed by atoms with Crippen molar-refractivity contribution >= 4 is 38.8 Å². The molecule has 1 amide bonds. The second kappa shape index (κ2) is 9.00. The summed E-state index contributed by atoms with van der Waals surface area (Å²) in [6.45, 7) is 3.56. The molecule has 0 saturated heterocycles. The van der Waals surface area contributed by atoms with Gasteiger partial charge in [-0.2, -0.15) is 10.1 Å². The Bertz CT molecular complexity index is 1380. The lowest BCUT2D eigenvalue weighted by Crippen LogP contribution is -2.35. The summed E-state index contributed by atoms with van der Waals surface area (Å²) in [6.07, 6.45) is 3.29. The number of amides is 1. The lowest BCUT2D eigenvalue weighted by atomic mass is 9.87. The molecule has 1 aliphatic rings. The summed E-state index contributed by atoms with van der Waals surface area (Å²) in [5, 5.41) is 29.0. The van der Waals surface area contributed by atoms with E-state index in [2.05, 4.69) is 46.8 Å². The van der Waals surface area contributed by atoms with Gasteiger partial charge in [0, 0.05) is 30.3 Å². The Balaban J connectivity index is 1.40. The molecule has 5 rings (SSSR count). The van der Waals surface area contributed by atoms with Crippen molar-refractivity contribution in [2.45, 2.75) is 45.3 Å². The van der Waals surface area contributed by atoms with Gasteiger partial charge in [-0.25, -0.2) is 9.67 Å². The number of nitrogens with zero attached hydrogens (tertiary/aromatic N) is 6. The highest BCUT2D eigenvalue weighted by Gasteiger charge is 2.41. The molecule has 4 aromatic rings. The van der Waals surface area contributed by atoms with Gasteiger partial charge < -0.3 is 20.2 Å². The Morgan fingerprint density at radius 1 is 1.31 bits per heavy atom. The van der Waals surface area contributed by atoms with Crippen LogP contribution in [0.5, 0.6) is 0 Å². The Morgan fingerprint density at radius 2 is 2.09 bits per heavy atom. The van der Waals surface area contributed by atoms with E-state index in [1.807, 2.05) is 31.2 Å². The average molecular weight is 541 g/mol. The van der Waals surface area contributed by atoms with Crippen LogP contribution in [0, 0.1) is 5.41 Å². The fourth-order valence-electron chi connectivity index (χ4n) is 4.44. The molecule has 0 bridgehead atoms. The second-order valence-electron chi connectivity index (χ2n) is 9.03. The van der Waals surface area contributed by atoms with Crippen molar-refractivity contribution in [2.75, 3.05) is 12.4 Å². The summed E-state index contributed by atoms with van der Waals surface area (Å²) in [7, 11) is 1.67. The molecule has 182 valence electrons.